The molecular formula is C20H20FN7O. The maximum atomic E-state index is 14.5. The van der Waals surface area contributed by atoms with Gasteiger partial charge in [0, 0.05) is 24.7 Å². The smallest absolute Gasteiger partial charge is 0.259 e. The number of hydrogen-bond acceptors (Lipinski definition) is 5. The fraction of sp³-hybridized carbons (Fsp3) is 0.300. The van der Waals surface area contributed by atoms with Crippen LogP contribution >= 0.6 is 0 Å². The molecule has 1 amide bonds. The van der Waals surface area contributed by atoms with E-state index in [-0.39, 0.29) is 5.56 Å². The summed E-state index contributed by atoms with van der Waals surface area (Å²) in [5.41, 5.74) is 2.28. The first kappa shape index (κ1) is 17.7. The summed E-state index contributed by atoms with van der Waals surface area (Å²) in [6, 6.07) is 3.11. The average Bonchev–Trinajstić information content (AvgIpc) is 3.39. The van der Waals surface area contributed by atoms with Gasteiger partial charge in [-0.2, -0.15) is 5.10 Å². The number of likely N-dealkylation sites (tertiary alicyclic amines) is 1. The minimum atomic E-state index is -0.603. The molecule has 1 fully saturated rings. The third kappa shape index (κ3) is 3.03. The lowest BCUT2D eigenvalue weighted by Crippen LogP contribution is -2.17. The van der Waals surface area contributed by atoms with Gasteiger partial charge in [0.05, 0.1) is 41.4 Å². The molecule has 1 aliphatic heterocycles. The van der Waals surface area contributed by atoms with Crippen LogP contribution in [0.15, 0.2) is 36.9 Å². The molecule has 5 rings (SSSR count). The number of aryl methyl sites for hydroxylation is 1. The minimum Gasteiger partial charge on any atom is -0.305 e. The Bertz CT molecular complexity index is 1240. The highest BCUT2D eigenvalue weighted by molar-refractivity contribution is 6.06. The van der Waals surface area contributed by atoms with Crippen LogP contribution in [0.5, 0.6) is 0 Å². The molecule has 0 radical (unpaired) electrons. The molecule has 148 valence electrons. The average molecular weight is 393 g/mol. The van der Waals surface area contributed by atoms with Gasteiger partial charge in [0.25, 0.3) is 5.91 Å². The van der Waals surface area contributed by atoms with Crippen LogP contribution < -0.4 is 5.32 Å². The summed E-state index contributed by atoms with van der Waals surface area (Å²) in [4.78, 5) is 23.8. The zero-order valence-electron chi connectivity index (χ0n) is 16.1. The summed E-state index contributed by atoms with van der Waals surface area (Å²) in [5, 5.41) is 7.46. The fourth-order valence-corrected chi connectivity index (χ4v) is 3.96. The number of halogens is 1. The quantitative estimate of drug-likeness (QED) is 0.579. The van der Waals surface area contributed by atoms with Crippen molar-refractivity contribution >= 4 is 28.3 Å². The first-order chi connectivity index (χ1) is 14.0. The third-order valence-corrected chi connectivity index (χ3v) is 5.54. The number of amides is 1. The molecule has 3 aromatic heterocycles. The first-order valence-corrected chi connectivity index (χ1v) is 9.47. The number of aromatic nitrogens is 5. The molecule has 1 aliphatic rings. The number of imidazole rings is 1. The molecule has 4 heterocycles. The standard InChI is InChI=1S/C20H20FN7O/c1-26-5-3-4-16(26)15-10-28-11-18(22-9-19(28)24-15)25-20(29)13-6-12-8-23-27(2)17(12)7-14(13)21/h6-11,16H,3-5H2,1-2H3,(H,25,29)/t16-/m1/s1. The number of benzene rings is 1. The van der Waals surface area contributed by atoms with Crippen LogP contribution in [0.2, 0.25) is 0 Å². The van der Waals surface area contributed by atoms with Crippen LogP contribution in [-0.2, 0) is 7.05 Å². The Hall–Kier alpha value is -3.33. The van der Waals surface area contributed by atoms with E-state index in [4.69, 9.17) is 0 Å². The van der Waals surface area contributed by atoms with E-state index in [1.165, 1.54) is 12.1 Å². The SMILES string of the molecule is CN1CCC[C@@H]1c1cn2cc(NC(=O)c3cc4cnn(C)c4cc3F)ncc2n1. The summed E-state index contributed by atoms with van der Waals surface area (Å²) >= 11 is 0. The second-order valence-electron chi connectivity index (χ2n) is 7.46. The summed E-state index contributed by atoms with van der Waals surface area (Å²) in [5.74, 6) is -0.832. The Labute approximate surface area is 166 Å². The predicted octanol–water partition coefficient (Wildman–Crippen LogP) is 2.77. The molecule has 29 heavy (non-hydrogen) atoms. The van der Waals surface area contributed by atoms with Crippen molar-refractivity contribution in [2.45, 2.75) is 18.9 Å². The van der Waals surface area contributed by atoms with Crippen molar-refractivity contribution in [1.29, 1.82) is 0 Å². The van der Waals surface area contributed by atoms with Crippen LogP contribution in [-0.4, -0.2) is 48.5 Å². The number of carbonyl (C=O) groups excluding carboxylic acids is 1. The van der Waals surface area contributed by atoms with Crippen LogP contribution in [0.4, 0.5) is 10.2 Å². The van der Waals surface area contributed by atoms with Gasteiger partial charge in [-0.15, -0.1) is 0 Å². The summed E-state index contributed by atoms with van der Waals surface area (Å²) < 4.78 is 17.9. The minimum absolute atomic E-state index is 0.0497. The number of nitrogens with zero attached hydrogens (tertiary/aromatic N) is 6. The Morgan fingerprint density at radius 3 is 2.90 bits per heavy atom. The van der Waals surface area contributed by atoms with Gasteiger partial charge in [0.15, 0.2) is 5.65 Å². The monoisotopic (exact) mass is 393 g/mol. The number of nitrogens with one attached hydrogen (secondary N) is 1. The van der Waals surface area contributed by atoms with Gasteiger partial charge in [-0.1, -0.05) is 0 Å². The number of anilines is 1. The first-order valence-electron chi connectivity index (χ1n) is 9.47. The van der Waals surface area contributed by atoms with E-state index in [2.05, 4.69) is 32.3 Å². The molecule has 0 aliphatic carbocycles. The van der Waals surface area contributed by atoms with Gasteiger partial charge in [0.2, 0.25) is 0 Å². The van der Waals surface area contributed by atoms with Crippen molar-refractivity contribution in [2.24, 2.45) is 7.05 Å². The van der Waals surface area contributed by atoms with E-state index >= 15 is 0 Å². The molecule has 1 aromatic carbocycles. The van der Waals surface area contributed by atoms with E-state index in [1.807, 2.05) is 10.6 Å². The summed E-state index contributed by atoms with van der Waals surface area (Å²) in [6.45, 7) is 1.06. The maximum Gasteiger partial charge on any atom is 0.259 e. The van der Waals surface area contributed by atoms with Crippen LogP contribution in [0.25, 0.3) is 16.6 Å². The van der Waals surface area contributed by atoms with Crippen LogP contribution in [0.3, 0.4) is 0 Å². The Morgan fingerprint density at radius 2 is 2.10 bits per heavy atom. The normalized spacial score (nSPS) is 17.4. The third-order valence-electron chi connectivity index (χ3n) is 5.54. The molecule has 0 unspecified atom stereocenters. The summed E-state index contributed by atoms with van der Waals surface area (Å²) in [6.07, 6.45) is 9.09. The molecule has 0 spiro atoms. The van der Waals surface area contributed by atoms with Gasteiger partial charge in [0.1, 0.15) is 11.6 Å². The maximum absolute atomic E-state index is 14.5. The van der Waals surface area contributed by atoms with E-state index in [0.717, 1.165) is 25.1 Å². The van der Waals surface area contributed by atoms with E-state index in [9.17, 15) is 9.18 Å². The molecule has 9 heteroatoms. The van der Waals surface area contributed by atoms with Crippen molar-refractivity contribution in [1.82, 2.24) is 29.0 Å². The van der Waals surface area contributed by atoms with Crippen molar-refractivity contribution in [3.8, 4) is 0 Å². The molecular weight excluding hydrogens is 373 g/mol. The fourth-order valence-electron chi connectivity index (χ4n) is 3.96. The van der Waals surface area contributed by atoms with Gasteiger partial charge in [-0.3, -0.25) is 14.4 Å². The molecule has 4 aromatic rings. The highest BCUT2D eigenvalue weighted by Gasteiger charge is 2.25. The second kappa shape index (κ2) is 6.63. The zero-order chi connectivity index (χ0) is 20.1. The van der Waals surface area contributed by atoms with Gasteiger partial charge >= 0.3 is 0 Å². The van der Waals surface area contributed by atoms with Crippen molar-refractivity contribution in [3.63, 3.8) is 0 Å². The Morgan fingerprint density at radius 1 is 1.24 bits per heavy atom. The lowest BCUT2D eigenvalue weighted by Gasteiger charge is -2.16. The highest BCUT2D eigenvalue weighted by atomic mass is 19.1. The Kier molecular flexibility index (Phi) is 4.06. The van der Waals surface area contributed by atoms with Crippen molar-refractivity contribution < 1.29 is 9.18 Å². The lowest BCUT2D eigenvalue weighted by atomic mass is 10.1. The topological polar surface area (TPSA) is 80.4 Å². The van der Waals surface area contributed by atoms with E-state index in [0.29, 0.717) is 28.4 Å². The second-order valence-corrected chi connectivity index (χ2v) is 7.46. The van der Waals surface area contributed by atoms with Crippen LogP contribution in [0.1, 0.15) is 34.9 Å². The Balaban J connectivity index is 1.42. The molecule has 0 saturated carbocycles. The number of hydrogen-bond donors (Lipinski definition) is 1. The van der Waals surface area contributed by atoms with E-state index in [1.54, 1.807) is 30.3 Å². The van der Waals surface area contributed by atoms with E-state index < -0.39 is 11.7 Å². The van der Waals surface area contributed by atoms with Gasteiger partial charge < -0.3 is 9.72 Å². The largest absolute Gasteiger partial charge is 0.305 e. The lowest BCUT2D eigenvalue weighted by molar-refractivity contribution is 0.102. The van der Waals surface area contributed by atoms with Gasteiger partial charge in [-0.25, -0.2) is 14.4 Å². The molecule has 0 bridgehead atoms. The number of carbonyl (C=O) groups is 1. The highest BCUT2D eigenvalue weighted by Crippen LogP contribution is 2.29. The van der Waals surface area contributed by atoms with Crippen molar-refractivity contribution in [2.75, 3.05) is 18.9 Å². The zero-order valence-corrected chi connectivity index (χ0v) is 16.1. The number of fused-ring (bicyclic) bond motifs is 2. The predicted molar refractivity (Wildman–Crippen MR) is 106 cm³/mol. The molecule has 1 saturated heterocycles. The summed E-state index contributed by atoms with van der Waals surface area (Å²) in [7, 11) is 3.82. The molecule has 1 N–H and O–H groups in total. The molecule has 8 nitrogen and oxygen atoms in total. The van der Waals surface area contributed by atoms with Crippen LogP contribution in [0, 0.1) is 5.82 Å². The van der Waals surface area contributed by atoms with Crippen molar-refractivity contribution in [3.05, 3.63) is 54.0 Å². The number of rotatable bonds is 3. The van der Waals surface area contributed by atoms with Gasteiger partial charge in [-0.05, 0) is 32.5 Å². The molecule has 1 atom stereocenters.